The van der Waals surface area contributed by atoms with Crippen LogP contribution in [-0.2, 0) is 19.5 Å². The molecule has 2 heterocycles. The average Bonchev–Trinajstić information content (AvgIpc) is 3.08. The topological polar surface area (TPSA) is 63.1 Å². The van der Waals surface area contributed by atoms with Crippen LogP contribution in [0, 0.1) is 11.7 Å². The smallest absolute Gasteiger partial charge is 0.317 e. The van der Waals surface area contributed by atoms with Gasteiger partial charge in [0.05, 0.1) is 0 Å². The highest BCUT2D eigenvalue weighted by molar-refractivity contribution is 5.74. The largest absolute Gasteiger partial charge is 0.334 e. The minimum absolute atomic E-state index is 0.0639. The van der Waals surface area contributed by atoms with Gasteiger partial charge in [-0.3, -0.25) is 0 Å². The Morgan fingerprint density at radius 3 is 2.92 bits per heavy atom. The van der Waals surface area contributed by atoms with Crippen molar-refractivity contribution in [3.8, 4) is 0 Å². The maximum Gasteiger partial charge on any atom is 0.317 e. The van der Waals surface area contributed by atoms with Crippen LogP contribution in [0.4, 0.5) is 9.18 Å². The van der Waals surface area contributed by atoms with E-state index in [0.717, 1.165) is 50.3 Å². The minimum Gasteiger partial charge on any atom is -0.334 e. The Morgan fingerprint density at radius 2 is 2.16 bits per heavy atom. The Morgan fingerprint density at radius 1 is 1.36 bits per heavy atom. The average molecular weight is 345 g/mol. The molecule has 7 heteroatoms. The van der Waals surface area contributed by atoms with Gasteiger partial charge in [-0.2, -0.15) is 0 Å². The molecule has 25 heavy (non-hydrogen) atoms. The van der Waals surface area contributed by atoms with Gasteiger partial charge < -0.3 is 14.8 Å². The van der Waals surface area contributed by atoms with Gasteiger partial charge in [0.2, 0.25) is 0 Å². The second-order valence-electron chi connectivity index (χ2n) is 6.48. The van der Waals surface area contributed by atoms with E-state index in [4.69, 9.17) is 0 Å². The fourth-order valence-electron chi connectivity index (χ4n) is 3.27. The number of urea groups is 1. The number of carbonyl (C=O) groups excluding carboxylic acids is 1. The molecule has 2 aromatic rings. The van der Waals surface area contributed by atoms with E-state index < -0.39 is 0 Å². The maximum absolute atomic E-state index is 12.9. The molecular weight excluding hydrogens is 321 g/mol. The lowest BCUT2D eigenvalue weighted by Crippen LogP contribution is -2.45. The van der Waals surface area contributed by atoms with E-state index >= 15 is 0 Å². The Bertz CT molecular complexity index is 700. The number of piperidine rings is 1. The van der Waals surface area contributed by atoms with Crippen LogP contribution < -0.4 is 5.32 Å². The van der Waals surface area contributed by atoms with Gasteiger partial charge in [-0.05, 0) is 43.4 Å². The molecule has 1 fully saturated rings. The molecular formula is C18H24FN5O. The van der Waals surface area contributed by atoms with Gasteiger partial charge in [0.25, 0.3) is 0 Å². The monoisotopic (exact) mass is 345 g/mol. The number of halogens is 1. The van der Waals surface area contributed by atoms with Crippen molar-refractivity contribution in [2.24, 2.45) is 5.92 Å². The highest BCUT2D eigenvalue weighted by Crippen LogP contribution is 2.20. The van der Waals surface area contributed by atoms with E-state index in [-0.39, 0.29) is 11.8 Å². The molecule has 0 saturated carbocycles. The lowest BCUT2D eigenvalue weighted by molar-refractivity contribution is 0.164. The third kappa shape index (κ3) is 4.55. The summed E-state index contributed by atoms with van der Waals surface area (Å²) in [6, 6.07) is 6.12. The summed E-state index contributed by atoms with van der Waals surface area (Å²) in [5, 5.41) is 11.1. The van der Waals surface area contributed by atoms with Crippen LogP contribution in [0.3, 0.4) is 0 Å². The Hall–Kier alpha value is -2.44. The zero-order chi connectivity index (χ0) is 17.6. The molecule has 0 spiro atoms. The molecule has 1 aliphatic rings. The molecule has 1 saturated heterocycles. The number of carbonyl (C=O) groups is 1. The fourth-order valence-corrected chi connectivity index (χ4v) is 3.27. The highest BCUT2D eigenvalue weighted by atomic mass is 19.1. The van der Waals surface area contributed by atoms with Crippen molar-refractivity contribution in [3.63, 3.8) is 0 Å². The predicted molar refractivity (Wildman–Crippen MR) is 92.3 cm³/mol. The summed E-state index contributed by atoms with van der Waals surface area (Å²) in [5.41, 5.74) is 0.888. The molecule has 3 rings (SSSR count). The van der Waals surface area contributed by atoms with Crippen molar-refractivity contribution >= 4 is 6.03 Å². The number of aromatic nitrogens is 3. The first-order chi connectivity index (χ1) is 12.2. The minimum atomic E-state index is -0.270. The molecule has 1 aromatic heterocycles. The zero-order valence-corrected chi connectivity index (χ0v) is 14.5. The first-order valence-electron chi connectivity index (χ1n) is 8.79. The number of benzene rings is 1. The molecule has 1 aromatic carbocycles. The van der Waals surface area contributed by atoms with Crippen molar-refractivity contribution in [3.05, 3.63) is 47.8 Å². The van der Waals surface area contributed by atoms with Crippen molar-refractivity contribution < 1.29 is 9.18 Å². The van der Waals surface area contributed by atoms with E-state index in [1.54, 1.807) is 18.5 Å². The van der Waals surface area contributed by atoms with E-state index in [2.05, 4.69) is 22.4 Å². The molecule has 1 atom stereocenters. The first kappa shape index (κ1) is 17.4. The van der Waals surface area contributed by atoms with Gasteiger partial charge in [-0.1, -0.05) is 12.1 Å². The standard InChI is InChI=1S/C18H24FN5O/c1-2-23-13-21-22-17(23)10-15-4-3-9-24(12-15)18(25)20-11-14-5-7-16(19)8-6-14/h5-8,13,15H,2-4,9-12H2,1H3,(H,20,25). The maximum atomic E-state index is 12.9. The SMILES string of the molecule is CCn1cnnc1CC1CCCN(C(=O)NCc2ccc(F)cc2)C1. The van der Waals surface area contributed by atoms with Crippen molar-refractivity contribution in [1.29, 1.82) is 0 Å². The molecule has 1 aliphatic heterocycles. The fraction of sp³-hybridized carbons (Fsp3) is 0.500. The number of hydrogen-bond acceptors (Lipinski definition) is 3. The molecule has 134 valence electrons. The molecule has 1 unspecified atom stereocenters. The van der Waals surface area contributed by atoms with Gasteiger partial charge >= 0.3 is 6.03 Å². The molecule has 0 aliphatic carbocycles. The van der Waals surface area contributed by atoms with Crippen LogP contribution in [0.5, 0.6) is 0 Å². The van der Waals surface area contributed by atoms with Crippen LogP contribution in [-0.4, -0.2) is 38.8 Å². The molecule has 1 N–H and O–H groups in total. The van der Waals surface area contributed by atoms with Gasteiger partial charge in [-0.15, -0.1) is 10.2 Å². The molecule has 6 nitrogen and oxygen atoms in total. The number of aryl methyl sites for hydroxylation is 1. The Labute approximate surface area is 147 Å². The number of amides is 2. The normalized spacial score (nSPS) is 17.5. The van der Waals surface area contributed by atoms with Gasteiger partial charge in [0, 0.05) is 32.6 Å². The lowest BCUT2D eigenvalue weighted by atomic mass is 9.94. The second kappa shape index (κ2) is 8.09. The van der Waals surface area contributed by atoms with Gasteiger partial charge in [0.1, 0.15) is 18.0 Å². The van der Waals surface area contributed by atoms with Crippen LogP contribution in [0.15, 0.2) is 30.6 Å². The van der Waals surface area contributed by atoms with E-state index in [1.807, 2.05) is 9.47 Å². The lowest BCUT2D eigenvalue weighted by Gasteiger charge is -2.32. The van der Waals surface area contributed by atoms with Crippen molar-refractivity contribution in [2.75, 3.05) is 13.1 Å². The van der Waals surface area contributed by atoms with E-state index in [1.165, 1.54) is 12.1 Å². The van der Waals surface area contributed by atoms with Gasteiger partial charge in [-0.25, -0.2) is 9.18 Å². The summed E-state index contributed by atoms with van der Waals surface area (Å²) < 4.78 is 15.0. The van der Waals surface area contributed by atoms with Gasteiger partial charge in [0.15, 0.2) is 0 Å². The highest BCUT2D eigenvalue weighted by Gasteiger charge is 2.25. The summed E-state index contributed by atoms with van der Waals surface area (Å²) in [5.74, 6) is 1.12. The van der Waals surface area contributed by atoms with Crippen LogP contribution in [0.2, 0.25) is 0 Å². The van der Waals surface area contributed by atoms with Crippen molar-refractivity contribution in [1.82, 2.24) is 25.0 Å². The summed E-state index contributed by atoms with van der Waals surface area (Å²) in [7, 11) is 0. The molecule has 0 bridgehead atoms. The molecule has 2 amide bonds. The second-order valence-corrected chi connectivity index (χ2v) is 6.48. The number of likely N-dealkylation sites (tertiary alicyclic amines) is 1. The van der Waals surface area contributed by atoms with E-state index in [0.29, 0.717) is 12.5 Å². The summed E-state index contributed by atoms with van der Waals surface area (Å²) in [6.07, 6.45) is 4.69. The summed E-state index contributed by atoms with van der Waals surface area (Å²) in [6.45, 7) is 4.84. The van der Waals surface area contributed by atoms with Crippen LogP contribution >= 0.6 is 0 Å². The predicted octanol–water partition coefficient (Wildman–Crippen LogP) is 2.60. The number of hydrogen-bond donors (Lipinski definition) is 1. The number of nitrogens with zero attached hydrogens (tertiary/aromatic N) is 4. The third-order valence-corrected chi connectivity index (χ3v) is 4.67. The summed E-state index contributed by atoms with van der Waals surface area (Å²) >= 11 is 0. The molecule has 0 radical (unpaired) electrons. The van der Waals surface area contributed by atoms with Crippen LogP contribution in [0.1, 0.15) is 31.2 Å². The third-order valence-electron chi connectivity index (χ3n) is 4.67. The zero-order valence-electron chi connectivity index (χ0n) is 14.5. The summed E-state index contributed by atoms with van der Waals surface area (Å²) in [4.78, 5) is 14.3. The van der Waals surface area contributed by atoms with E-state index in [9.17, 15) is 9.18 Å². The number of nitrogens with one attached hydrogen (secondary N) is 1. The Balaban J connectivity index is 1.51. The Kier molecular flexibility index (Phi) is 5.63. The van der Waals surface area contributed by atoms with Crippen LogP contribution in [0.25, 0.3) is 0 Å². The quantitative estimate of drug-likeness (QED) is 0.906. The first-order valence-corrected chi connectivity index (χ1v) is 8.79. The van der Waals surface area contributed by atoms with Crippen molar-refractivity contribution in [2.45, 2.75) is 39.3 Å². The number of rotatable bonds is 5.